The van der Waals surface area contributed by atoms with Crippen LogP contribution in [-0.2, 0) is 6.54 Å². The van der Waals surface area contributed by atoms with Crippen molar-refractivity contribution in [2.75, 3.05) is 21.3 Å². The Bertz CT molecular complexity index is 742. The van der Waals surface area contributed by atoms with Crippen LogP contribution < -0.4 is 14.2 Å². The minimum Gasteiger partial charge on any atom is -0.497 e. The van der Waals surface area contributed by atoms with Crippen LogP contribution in [0.3, 0.4) is 0 Å². The minimum absolute atomic E-state index is 0.0393. The van der Waals surface area contributed by atoms with Crippen LogP contribution in [0.4, 0.5) is 0 Å². The molecule has 0 bridgehead atoms. The van der Waals surface area contributed by atoms with Crippen molar-refractivity contribution < 1.29 is 19.0 Å². The fourth-order valence-corrected chi connectivity index (χ4v) is 2.74. The second-order valence-electron chi connectivity index (χ2n) is 5.93. The predicted octanol–water partition coefficient (Wildman–Crippen LogP) is 2.91. The summed E-state index contributed by atoms with van der Waals surface area (Å²) in [4.78, 5) is 19.0. The summed E-state index contributed by atoms with van der Waals surface area (Å²) in [5.74, 6) is 1.93. The number of hydrogen-bond donors (Lipinski definition) is 0. The summed E-state index contributed by atoms with van der Waals surface area (Å²) < 4.78 is 15.8. The van der Waals surface area contributed by atoms with Gasteiger partial charge in [0.1, 0.15) is 11.5 Å². The predicted molar refractivity (Wildman–Crippen MR) is 93.2 cm³/mol. The molecule has 0 unspecified atom stereocenters. The van der Waals surface area contributed by atoms with Gasteiger partial charge in [0.05, 0.1) is 33.4 Å². The fourth-order valence-electron chi connectivity index (χ4n) is 2.74. The van der Waals surface area contributed by atoms with Gasteiger partial charge in [0.2, 0.25) is 5.88 Å². The maximum absolute atomic E-state index is 13.0. The topological polar surface area (TPSA) is 60.9 Å². The van der Waals surface area contributed by atoms with Gasteiger partial charge in [0.15, 0.2) is 0 Å². The molecule has 0 atom stereocenters. The Labute approximate surface area is 147 Å². The average molecular weight is 342 g/mol. The summed E-state index contributed by atoms with van der Waals surface area (Å²) in [6.07, 6.45) is 3.59. The Morgan fingerprint density at radius 3 is 2.48 bits per heavy atom. The first-order valence-corrected chi connectivity index (χ1v) is 8.18. The molecule has 1 aromatic carbocycles. The molecule has 6 nitrogen and oxygen atoms in total. The van der Waals surface area contributed by atoms with E-state index >= 15 is 0 Å². The lowest BCUT2D eigenvalue weighted by Gasteiger charge is -2.24. The van der Waals surface area contributed by atoms with E-state index in [4.69, 9.17) is 14.2 Å². The van der Waals surface area contributed by atoms with Crippen molar-refractivity contribution in [2.24, 2.45) is 0 Å². The maximum Gasteiger partial charge on any atom is 0.255 e. The quantitative estimate of drug-likeness (QED) is 0.774. The van der Waals surface area contributed by atoms with E-state index in [1.165, 1.54) is 0 Å². The molecular formula is C19H22N2O4. The van der Waals surface area contributed by atoms with Crippen LogP contribution in [0.1, 0.15) is 28.8 Å². The van der Waals surface area contributed by atoms with E-state index in [1.807, 2.05) is 23.1 Å². The molecule has 3 rings (SSSR count). The third-order valence-electron chi connectivity index (χ3n) is 4.27. The number of carbonyl (C=O) groups excluding carboxylic acids is 1. The van der Waals surface area contributed by atoms with Gasteiger partial charge in [-0.15, -0.1) is 0 Å². The number of nitrogens with zero attached hydrogens (tertiary/aromatic N) is 2. The third kappa shape index (κ3) is 3.84. The second-order valence-corrected chi connectivity index (χ2v) is 5.93. The molecule has 0 aliphatic heterocycles. The van der Waals surface area contributed by atoms with Gasteiger partial charge in [0.25, 0.3) is 5.91 Å². The highest BCUT2D eigenvalue weighted by molar-refractivity contribution is 5.94. The monoisotopic (exact) mass is 342 g/mol. The molecule has 2 aromatic rings. The van der Waals surface area contributed by atoms with Crippen LogP contribution in [0.15, 0.2) is 36.5 Å². The molecule has 1 aliphatic rings. The lowest BCUT2D eigenvalue weighted by Crippen LogP contribution is -2.32. The minimum atomic E-state index is -0.0393. The van der Waals surface area contributed by atoms with Crippen LogP contribution in [0, 0.1) is 0 Å². The normalized spacial score (nSPS) is 13.2. The molecule has 6 heteroatoms. The van der Waals surface area contributed by atoms with E-state index in [2.05, 4.69) is 4.98 Å². The molecule has 1 aromatic heterocycles. The van der Waals surface area contributed by atoms with Crippen LogP contribution in [0.2, 0.25) is 0 Å². The number of aromatic nitrogens is 1. The summed E-state index contributed by atoms with van der Waals surface area (Å²) in [5, 5.41) is 0. The number of benzene rings is 1. The standard InChI is InChI=1S/C19H22N2O4/c1-23-16-7-8-17(24-2)14(10-16)12-21(15-5-6-15)19(22)13-4-9-18(25-3)20-11-13/h4,7-11,15H,5-6,12H2,1-3H3. The van der Waals surface area contributed by atoms with Gasteiger partial charge < -0.3 is 19.1 Å². The zero-order chi connectivity index (χ0) is 17.8. The van der Waals surface area contributed by atoms with Crippen molar-refractivity contribution in [1.29, 1.82) is 0 Å². The third-order valence-corrected chi connectivity index (χ3v) is 4.27. The summed E-state index contributed by atoms with van der Waals surface area (Å²) >= 11 is 0. The first kappa shape index (κ1) is 17.1. The Kier molecular flexibility index (Phi) is 5.07. The van der Waals surface area contributed by atoms with Crippen LogP contribution in [0.25, 0.3) is 0 Å². The zero-order valence-electron chi connectivity index (χ0n) is 14.7. The van der Waals surface area contributed by atoms with E-state index in [9.17, 15) is 4.79 Å². The molecule has 0 spiro atoms. The summed E-state index contributed by atoms with van der Waals surface area (Å²) in [5.41, 5.74) is 1.47. The Hall–Kier alpha value is -2.76. The SMILES string of the molecule is COc1ccc(OC)c(CN(C(=O)c2ccc(OC)nc2)C2CC2)c1. The van der Waals surface area contributed by atoms with Gasteiger partial charge in [0, 0.05) is 23.9 Å². The van der Waals surface area contributed by atoms with Crippen molar-refractivity contribution in [3.8, 4) is 17.4 Å². The van der Waals surface area contributed by atoms with Crippen molar-refractivity contribution >= 4 is 5.91 Å². The van der Waals surface area contributed by atoms with E-state index in [1.54, 1.807) is 39.7 Å². The number of rotatable bonds is 7. The molecule has 1 saturated carbocycles. The molecule has 1 fully saturated rings. The highest BCUT2D eigenvalue weighted by Crippen LogP contribution is 2.33. The van der Waals surface area contributed by atoms with Crippen LogP contribution in [0.5, 0.6) is 17.4 Å². The Balaban J connectivity index is 1.85. The lowest BCUT2D eigenvalue weighted by atomic mass is 10.1. The van der Waals surface area contributed by atoms with E-state index in [0.29, 0.717) is 18.0 Å². The molecule has 1 amide bonds. The smallest absolute Gasteiger partial charge is 0.255 e. The lowest BCUT2D eigenvalue weighted by molar-refractivity contribution is 0.0728. The second kappa shape index (κ2) is 7.42. The van der Waals surface area contributed by atoms with E-state index < -0.39 is 0 Å². The number of ether oxygens (including phenoxy) is 3. The summed E-state index contributed by atoms with van der Waals surface area (Å²) in [6, 6.07) is 9.31. The molecule has 25 heavy (non-hydrogen) atoms. The van der Waals surface area contributed by atoms with Gasteiger partial charge >= 0.3 is 0 Å². The number of amides is 1. The summed E-state index contributed by atoms with van der Waals surface area (Å²) in [7, 11) is 4.80. The van der Waals surface area contributed by atoms with Crippen molar-refractivity contribution in [3.63, 3.8) is 0 Å². The highest BCUT2D eigenvalue weighted by atomic mass is 16.5. The maximum atomic E-state index is 13.0. The van der Waals surface area contributed by atoms with E-state index in [-0.39, 0.29) is 11.9 Å². The molecule has 0 radical (unpaired) electrons. The number of methoxy groups -OCH3 is 3. The van der Waals surface area contributed by atoms with Gasteiger partial charge in [-0.05, 0) is 37.1 Å². The van der Waals surface area contributed by atoms with Crippen molar-refractivity contribution in [3.05, 3.63) is 47.7 Å². The Morgan fingerprint density at radius 2 is 1.92 bits per heavy atom. The van der Waals surface area contributed by atoms with Crippen molar-refractivity contribution in [2.45, 2.75) is 25.4 Å². The number of pyridine rings is 1. The van der Waals surface area contributed by atoms with Gasteiger partial charge in [-0.3, -0.25) is 4.79 Å². The first-order chi connectivity index (χ1) is 12.2. The van der Waals surface area contributed by atoms with E-state index in [0.717, 1.165) is 29.9 Å². The molecule has 0 N–H and O–H groups in total. The summed E-state index contributed by atoms with van der Waals surface area (Å²) in [6.45, 7) is 0.468. The first-order valence-electron chi connectivity index (χ1n) is 8.18. The molecule has 132 valence electrons. The Morgan fingerprint density at radius 1 is 1.12 bits per heavy atom. The zero-order valence-corrected chi connectivity index (χ0v) is 14.7. The van der Waals surface area contributed by atoms with Gasteiger partial charge in [-0.2, -0.15) is 0 Å². The highest BCUT2D eigenvalue weighted by Gasteiger charge is 2.33. The number of carbonyl (C=O) groups is 1. The molecule has 0 saturated heterocycles. The molecule has 1 heterocycles. The average Bonchev–Trinajstić information content (AvgIpc) is 3.50. The fraction of sp³-hybridized carbons (Fsp3) is 0.368. The van der Waals surface area contributed by atoms with Gasteiger partial charge in [-0.25, -0.2) is 4.98 Å². The molecule has 1 aliphatic carbocycles. The largest absolute Gasteiger partial charge is 0.497 e. The van der Waals surface area contributed by atoms with Crippen LogP contribution in [-0.4, -0.2) is 43.2 Å². The van der Waals surface area contributed by atoms with Gasteiger partial charge in [-0.1, -0.05) is 0 Å². The van der Waals surface area contributed by atoms with Crippen molar-refractivity contribution in [1.82, 2.24) is 9.88 Å². The number of hydrogen-bond acceptors (Lipinski definition) is 5. The molecular weight excluding hydrogens is 320 g/mol. The van der Waals surface area contributed by atoms with Crippen LogP contribution >= 0.6 is 0 Å².